The van der Waals surface area contributed by atoms with E-state index in [2.05, 4.69) is 26.0 Å². The molecule has 0 aliphatic heterocycles. The zero-order chi connectivity index (χ0) is 37.9. The molecule has 0 saturated heterocycles. The van der Waals surface area contributed by atoms with Gasteiger partial charge in [0.05, 0.1) is 27.7 Å². The molecule has 1 unspecified atom stereocenters. The standard InChI is InChI=1S/C41H80NO8P/c1-6-8-10-12-14-16-18-20-21-22-24-25-27-29-31-33-40(43)47-37-39(38-49-51(45,46)48-36-35-42(3,4)5)50-41(44)34-32-30-28-26-23-19-17-15-13-11-9-7-2/h12,14,39H,6-11,13,15-38H2,1-5H3/b14-12+/t39-/m1/s1. The molecule has 0 aliphatic rings. The first-order chi connectivity index (χ1) is 24.5. The topological polar surface area (TPSA) is 111 Å². The first-order valence-electron chi connectivity index (χ1n) is 20.9. The van der Waals surface area contributed by atoms with Gasteiger partial charge in [0.2, 0.25) is 0 Å². The molecular weight excluding hydrogens is 665 g/mol. The summed E-state index contributed by atoms with van der Waals surface area (Å²) in [6, 6.07) is 0. The van der Waals surface area contributed by atoms with Crippen molar-refractivity contribution in [3.8, 4) is 0 Å². The highest BCUT2D eigenvalue weighted by Gasteiger charge is 2.21. The van der Waals surface area contributed by atoms with Crippen LogP contribution in [-0.4, -0.2) is 70.0 Å². The molecule has 0 rings (SSSR count). The van der Waals surface area contributed by atoms with Gasteiger partial charge in [0.1, 0.15) is 19.8 Å². The predicted octanol–water partition coefficient (Wildman–Crippen LogP) is 10.8. The van der Waals surface area contributed by atoms with Gasteiger partial charge in [0.15, 0.2) is 6.10 Å². The van der Waals surface area contributed by atoms with Gasteiger partial charge in [-0.2, -0.15) is 0 Å². The van der Waals surface area contributed by atoms with Gasteiger partial charge in [-0.3, -0.25) is 14.2 Å². The Kier molecular flexibility index (Phi) is 33.7. The Morgan fingerprint density at radius 1 is 0.588 bits per heavy atom. The molecule has 302 valence electrons. The van der Waals surface area contributed by atoms with Crippen molar-refractivity contribution in [2.24, 2.45) is 0 Å². The number of ether oxygens (including phenoxy) is 2. The summed E-state index contributed by atoms with van der Waals surface area (Å²) in [5.41, 5.74) is 0. The highest BCUT2D eigenvalue weighted by atomic mass is 31.2. The number of hydrogen-bond acceptors (Lipinski definition) is 8. The van der Waals surface area contributed by atoms with Crippen LogP contribution in [0.15, 0.2) is 12.2 Å². The summed E-state index contributed by atoms with van der Waals surface area (Å²) in [6.07, 6.45) is 33.7. The second kappa shape index (κ2) is 34.5. The molecule has 0 aromatic carbocycles. The van der Waals surface area contributed by atoms with Crippen molar-refractivity contribution >= 4 is 19.8 Å². The van der Waals surface area contributed by atoms with Crippen LogP contribution in [0.1, 0.15) is 187 Å². The Bertz CT molecular complexity index is 891. The van der Waals surface area contributed by atoms with Crippen molar-refractivity contribution in [2.75, 3.05) is 47.5 Å². The third-order valence-electron chi connectivity index (χ3n) is 9.04. The first kappa shape index (κ1) is 49.8. The number of allylic oxidation sites excluding steroid dienone is 2. The summed E-state index contributed by atoms with van der Waals surface area (Å²) in [5, 5.41) is 0. The van der Waals surface area contributed by atoms with Crippen molar-refractivity contribution in [3.05, 3.63) is 12.2 Å². The number of quaternary nitrogens is 1. The van der Waals surface area contributed by atoms with E-state index in [1.54, 1.807) is 0 Å². The van der Waals surface area contributed by atoms with Crippen LogP contribution in [0.5, 0.6) is 0 Å². The molecule has 0 heterocycles. The van der Waals surface area contributed by atoms with Gasteiger partial charge in [-0.15, -0.1) is 0 Å². The maximum atomic E-state index is 12.6. The van der Waals surface area contributed by atoms with E-state index in [-0.39, 0.29) is 32.0 Å². The van der Waals surface area contributed by atoms with E-state index in [0.717, 1.165) is 32.1 Å². The normalized spacial score (nSPS) is 13.8. The van der Waals surface area contributed by atoms with Crippen molar-refractivity contribution in [3.63, 3.8) is 0 Å². The van der Waals surface area contributed by atoms with Crippen molar-refractivity contribution in [1.29, 1.82) is 0 Å². The molecule has 0 fully saturated rings. The molecule has 0 aromatic rings. The fraction of sp³-hybridized carbons (Fsp3) is 0.902. The van der Waals surface area contributed by atoms with Crippen LogP contribution in [0.25, 0.3) is 0 Å². The van der Waals surface area contributed by atoms with Crippen molar-refractivity contribution < 1.29 is 42.1 Å². The Hall–Kier alpha value is -1.25. The van der Waals surface area contributed by atoms with E-state index in [1.807, 2.05) is 21.1 Å². The van der Waals surface area contributed by atoms with Crippen LogP contribution in [0, 0.1) is 0 Å². The van der Waals surface area contributed by atoms with Crippen LogP contribution in [-0.2, 0) is 32.7 Å². The number of likely N-dealkylation sites (N-methyl/N-ethyl adjacent to an activating group) is 1. The number of phosphoric acid groups is 1. The van der Waals surface area contributed by atoms with Crippen molar-refractivity contribution in [1.82, 2.24) is 0 Å². The number of nitrogens with zero attached hydrogens (tertiary/aromatic N) is 1. The lowest BCUT2D eigenvalue weighted by Gasteiger charge is -2.28. The van der Waals surface area contributed by atoms with E-state index < -0.39 is 26.5 Å². The Labute approximate surface area is 314 Å². The highest BCUT2D eigenvalue weighted by molar-refractivity contribution is 7.45. The Morgan fingerprint density at radius 3 is 1.51 bits per heavy atom. The van der Waals surface area contributed by atoms with E-state index >= 15 is 0 Å². The van der Waals surface area contributed by atoms with Crippen LogP contribution >= 0.6 is 7.82 Å². The fourth-order valence-electron chi connectivity index (χ4n) is 5.69. The summed E-state index contributed by atoms with van der Waals surface area (Å²) < 4.78 is 33.8. The number of rotatable bonds is 38. The minimum absolute atomic E-state index is 0.0280. The molecule has 0 aromatic heterocycles. The molecule has 0 aliphatic carbocycles. The molecule has 0 saturated carbocycles. The van der Waals surface area contributed by atoms with Gasteiger partial charge in [-0.05, 0) is 32.1 Å². The Morgan fingerprint density at radius 2 is 1.02 bits per heavy atom. The van der Waals surface area contributed by atoms with Crippen LogP contribution in [0.4, 0.5) is 0 Å². The summed E-state index contributed by atoms with van der Waals surface area (Å²) in [7, 11) is 1.17. The van der Waals surface area contributed by atoms with E-state index in [4.69, 9.17) is 18.5 Å². The van der Waals surface area contributed by atoms with Gasteiger partial charge in [-0.1, -0.05) is 154 Å². The maximum absolute atomic E-state index is 12.6. The molecule has 0 radical (unpaired) electrons. The number of carbonyl (C=O) groups is 2. The third kappa shape index (κ3) is 38.3. The van der Waals surface area contributed by atoms with Crippen LogP contribution in [0.2, 0.25) is 0 Å². The van der Waals surface area contributed by atoms with Crippen LogP contribution in [0.3, 0.4) is 0 Å². The number of phosphoric ester groups is 1. The lowest BCUT2D eigenvalue weighted by Crippen LogP contribution is -2.37. The highest BCUT2D eigenvalue weighted by Crippen LogP contribution is 2.38. The van der Waals surface area contributed by atoms with Gasteiger partial charge >= 0.3 is 11.9 Å². The minimum Gasteiger partial charge on any atom is -0.756 e. The van der Waals surface area contributed by atoms with E-state index in [9.17, 15) is 19.0 Å². The molecule has 10 heteroatoms. The molecule has 0 amide bonds. The van der Waals surface area contributed by atoms with E-state index in [0.29, 0.717) is 17.4 Å². The largest absolute Gasteiger partial charge is 0.756 e. The average Bonchev–Trinajstić information content (AvgIpc) is 3.07. The monoisotopic (exact) mass is 746 g/mol. The summed E-state index contributed by atoms with van der Waals surface area (Å²) in [4.78, 5) is 37.4. The number of carbonyl (C=O) groups excluding carboxylic acids is 2. The SMILES string of the molecule is CCCC/C=C/CCCCCCCCCCCC(=O)OC[C@H](COP(=O)([O-])OCC[N+](C)(C)C)OC(=O)CCCCCCCCCCCCCC. The molecule has 0 spiro atoms. The zero-order valence-corrected chi connectivity index (χ0v) is 34.7. The molecule has 51 heavy (non-hydrogen) atoms. The molecule has 0 bridgehead atoms. The van der Waals surface area contributed by atoms with Gasteiger partial charge in [-0.25, -0.2) is 0 Å². The van der Waals surface area contributed by atoms with Gasteiger partial charge in [0, 0.05) is 12.8 Å². The number of unbranched alkanes of at least 4 members (excludes halogenated alkanes) is 22. The summed E-state index contributed by atoms with van der Waals surface area (Å²) in [6.45, 7) is 4.20. The molecular formula is C41H80NO8P. The number of hydrogen-bond donors (Lipinski definition) is 0. The average molecular weight is 746 g/mol. The lowest BCUT2D eigenvalue weighted by molar-refractivity contribution is -0.870. The Balaban J connectivity index is 4.36. The van der Waals surface area contributed by atoms with Crippen molar-refractivity contribution in [2.45, 2.75) is 193 Å². The zero-order valence-electron chi connectivity index (χ0n) is 33.8. The maximum Gasteiger partial charge on any atom is 0.306 e. The molecule has 2 atom stereocenters. The molecule has 0 N–H and O–H groups in total. The second-order valence-corrected chi connectivity index (χ2v) is 16.8. The summed E-state index contributed by atoms with van der Waals surface area (Å²) >= 11 is 0. The number of esters is 2. The lowest BCUT2D eigenvalue weighted by atomic mass is 10.0. The molecule has 9 nitrogen and oxygen atoms in total. The smallest absolute Gasteiger partial charge is 0.306 e. The predicted molar refractivity (Wildman–Crippen MR) is 208 cm³/mol. The summed E-state index contributed by atoms with van der Waals surface area (Å²) in [5.74, 6) is -0.831. The quantitative estimate of drug-likeness (QED) is 0.0202. The fourth-order valence-corrected chi connectivity index (χ4v) is 6.42. The van der Waals surface area contributed by atoms with Gasteiger partial charge in [0.25, 0.3) is 7.82 Å². The van der Waals surface area contributed by atoms with E-state index in [1.165, 1.54) is 122 Å². The van der Waals surface area contributed by atoms with Crippen LogP contribution < -0.4 is 4.89 Å². The van der Waals surface area contributed by atoms with Gasteiger partial charge < -0.3 is 27.9 Å². The third-order valence-corrected chi connectivity index (χ3v) is 10.00. The first-order valence-corrected chi connectivity index (χ1v) is 22.4. The second-order valence-electron chi connectivity index (χ2n) is 15.4. The minimum atomic E-state index is -4.61.